The number of rotatable bonds is 4. The van der Waals surface area contributed by atoms with Crippen LogP contribution < -0.4 is 10.2 Å². The summed E-state index contributed by atoms with van der Waals surface area (Å²) in [5.74, 6) is 2.18. The molecule has 2 aliphatic heterocycles. The predicted molar refractivity (Wildman–Crippen MR) is 115 cm³/mol. The van der Waals surface area contributed by atoms with Crippen LogP contribution in [0.3, 0.4) is 0 Å². The Balaban J connectivity index is 1.49. The Bertz CT molecular complexity index is 731. The minimum Gasteiger partial charge on any atom is -0.350 e. The van der Waals surface area contributed by atoms with Gasteiger partial charge >= 0.3 is 0 Å². The Morgan fingerprint density at radius 3 is 2.69 bits per heavy atom. The Kier molecular flexibility index (Phi) is 6.36. The lowest BCUT2D eigenvalue weighted by atomic mass is 9.87. The molecule has 3 aliphatic rings. The second-order valence-corrected chi connectivity index (χ2v) is 9.08. The Labute approximate surface area is 174 Å². The van der Waals surface area contributed by atoms with Crippen molar-refractivity contribution in [2.45, 2.75) is 70.8 Å². The van der Waals surface area contributed by atoms with Crippen molar-refractivity contribution in [2.24, 2.45) is 11.8 Å². The first kappa shape index (κ1) is 20.2. The van der Waals surface area contributed by atoms with Gasteiger partial charge in [0, 0.05) is 39.2 Å². The largest absolute Gasteiger partial charge is 0.350 e. The van der Waals surface area contributed by atoms with Gasteiger partial charge in [0.2, 0.25) is 11.8 Å². The Morgan fingerprint density at radius 1 is 1.10 bits per heavy atom. The molecule has 2 saturated heterocycles. The van der Waals surface area contributed by atoms with Gasteiger partial charge in [-0.05, 0) is 49.7 Å². The number of hydrogen-bond acceptors (Lipinski definition) is 4. The van der Waals surface area contributed by atoms with Crippen LogP contribution in [0, 0.1) is 11.8 Å². The molecule has 1 saturated carbocycles. The molecule has 0 bridgehead atoms. The van der Waals surface area contributed by atoms with Crippen molar-refractivity contribution >= 4 is 23.3 Å². The van der Waals surface area contributed by atoms with Crippen LogP contribution in [0.15, 0.2) is 18.3 Å². The number of nitrogens with one attached hydrogen (secondary N) is 1. The molecular weight excluding hydrogens is 364 g/mol. The van der Waals surface area contributed by atoms with Crippen molar-refractivity contribution in [1.82, 2.24) is 9.88 Å². The third-order valence-electron chi connectivity index (χ3n) is 6.94. The number of likely N-dealkylation sites (tertiary alicyclic amines) is 1. The lowest BCUT2D eigenvalue weighted by Crippen LogP contribution is -2.42. The van der Waals surface area contributed by atoms with Crippen LogP contribution in [0.4, 0.5) is 11.5 Å². The average Bonchev–Trinajstić information content (AvgIpc) is 3.04. The number of amides is 2. The number of hydrogen-bond donors (Lipinski definition) is 1. The molecule has 1 aromatic rings. The monoisotopic (exact) mass is 398 g/mol. The average molecular weight is 399 g/mol. The van der Waals surface area contributed by atoms with Crippen molar-refractivity contribution < 1.29 is 9.59 Å². The fourth-order valence-electron chi connectivity index (χ4n) is 5.49. The van der Waals surface area contributed by atoms with Crippen molar-refractivity contribution in [3.05, 3.63) is 18.3 Å². The summed E-state index contributed by atoms with van der Waals surface area (Å²) in [6.07, 6.45) is 12.3. The van der Waals surface area contributed by atoms with Gasteiger partial charge in [-0.2, -0.15) is 0 Å². The van der Waals surface area contributed by atoms with Crippen LogP contribution in [-0.2, 0) is 9.59 Å². The van der Waals surface area contributed by atoms with Gasteiger partial charge in [-0.25, -0.2) is 4.98 Å². The number of carbonyl (C=O) groups is 2. The van der Waals surface area contributed by atoms with Crippen LogP contribution in [0.1, 0.15) is 64.7 Å². The van der Waals surface area contributed by atoms with Gasteiger partial charge in [-0.15, -0.1) is 0 Å². The molecule has 0 radical (unpaired) electrons. The highest BCUT2D eigenvalue weighted by Crippen LogP contribution is 2.36. The third-order valence-corrected chi connectivity index (χ3v) is 6.94. The first-order chi connectivity index (χ1) is 14.1. The maximum Gasteiger partial charge on any atom is 0.222 e. The number of fused-ring (bicyclic) bond motifs is 1. The summed E-state index contributed by atoms with van der Waals surface area (Å²) < 4.78 is 0. The molecule has 6 nitrogen and oxygen atoms in total. The van der Waals surface area contributed by atoms with Crippen LogP contribution in [-0.4, -0.2) is 47.4 Å². The van der Waals surface area contributed by atoms with Gasteiger partial charge in [0.1, 0.15) is 0 Å². The van der Waals surface area contributed by atoms with Gasteiger partial charge < -0.3 is 15.1 Å². The first-order valence-electron chi connectivity index (χ1n) is 11.4. The molecule has 4 rings (SSSR count). The maximum atomic E-state index is 13.0. The van der Waals surface area contributed by atoms with Crippen LogP contribution in [0.5, 0.6) is 0 Å². The second-order valence-electron chi connectivity index (χ2n) is 9.08. The highest BCUT2D eigenvalue weighted by molar-refractivity contribution is 5.92. The summed E-state index contributed by atoms with van der Waals surface area (Å²) in [6.45, 7) is 4.11. The van der Waals surface area contributed by atoms with E-state index in [9.17, 15) is 9.59 Å². The number of nitrogens with zero attached hydrogens (tertiary/aromatic N) is 3. The molecule has 0 spiro atoms. The molecule has 0 aromatic carbocycles. The van der Waals surface area contributed by atoms with Crippen LogP contribution >= 0.6 is 0 Å². The molecule has 1 aliphatic carbocycles. The second kappa shape index (κ2) is 9.14. The SMILES string of the molecule is CC(=O)Nc1cccnc1N1CCCCC2CN(C(=O)CC3CCCCC3)CC21. The number of pyridine rings is 1. The van der Waals surface area contributed by atoms with E-state index in [0.717, 1.165) is 50.4 Å². The Hall–Kier alpha value is -2.11. The molecule has 6 heteroatoms. The van der Waals surface area contributed by atoms with E-state index in [1.807, 2.05) is 12.1 Å². The fraction of sp³-hybridized carbons (Fsp3) is 0.696. The van der Waals surface area contributed by atoms with E-state index in [1.54, 1.807) is 6.20 Å². The fourth-order valence-corrected chi connectivity index (χ4v) is 5.49. The van der Waals surface area contributed by atoms with Crippen molar-refractivity contribution in [3.8, 4) is 0 Å². The highest BCUT2D eigenvalue weighted by Gasteiger charge is 2.40. The minimum absolute atomic E-state index is 0.0821. The summed E-state index contributed by atoms with van der Waals surface area (Å²) in [5, 5.41) is 2.94. The molecule has 29 heavy (non-hydrogen) atoms. The zero-order valence-corrected chi connectivity index (χ0v) is 17.6. The lowest BCUT2D eigenvalue weighted by Gasteiger charge is -2.32. The number of carbonyl (C=O) groups excluding carboxylic acids is 2. The first-order valence-corrected chi connectivity index (χ1v) is 11.4. The van der Waals surface area contributed by atoms with E-state index in [0.29, 0.717) is 17.7 Å². The zero-order chi connectivity index (χ0) is 20.2. The lowest BCUT2D eigenvalue weighted by molar-refractivity contribution is -0.131. The van der Waals surface area contributed by atoms with E-state index in [-0.39, 0.29) is 11.9 Å². The molecule has 1 aromatic heterocycles. The Morgan fingerprint density at radius 2 is 1.90 bits per heavy atom. The third kappa shape index (κ3) is 4.73. The predicted octanol–water partition coefficient (Wildman–Crippen LogP) is 3.83. The van der Waals surface area contributed by atoms with Gasteiger partial charge in [0.25, 0.3) is 0 Å². The van der Waals surface area contributed by atoms with Crippen LogP contribution in [0.2, 0.25) is 0 Å². The number of aromatic nitrogens is 1. The van der Waals surface area contributed by atoms with E-state index < -0.39 is 0 Å². The van der Waals surface area contributed by atoms with E-state index in [2.05, 4.69) is 20.1 Å². The molecular formula is C23H34N4O2. The molecule has 1 N–H and O–H groups in total. The molecule has 3 fully saturated rings. The summed E-state index contributed by atoms with van der Waals surface area (Å²) in [5.41, 5.74) is 0.771. The van der Waals surface area contributed by atoms with Crippen molar-refractivity contribution in [1.29, 1.82) is 0 Å². The van der Waals surface area contributed by atoms with Gasteiger partial charge in [0.15, 0.2) is 5.82 Å². The van der Waals surface area contributed by atoms with E-state index in [4.69, 9.17) is 0 Å². The van der Waals surface area contributed by atoms with Crippen molar-refractivity contribution in [3.63, 3.8) is 0 Å². The summed E-state index contributed by atoms with van der Waals surface area (Å²) >= 11 is 0. The molecule has 2 amide bonds. The van der Waals surface area contributed by atoms with E-state index >= 15 is 0 Å². The van der Waals surface area contributed by atoms with Gasteiger partial charge in [0.05, 0.1) is 11.7 Å². The van der Waals surface area contributed by atoms with Crippen molar-refractivity contribution in [2.75, 3.05) is 29.9 Å². The van der Waals surface area contributed by atoms with Crippen LogP contribution in [0.25, 0.3) is 0 Å². The van der Waals surface area contributed by atoms with Gasteiger partial charge in [-0.3, -0.25) is 9.59 Å². The molecule has 2 unspecified atom stereocenters. The number of anilines is 2. The highest BCUT2D eigenvalue weighted by atomic mass is 16.2. The summed E-state index contributed by atoms with van der Waals surface area (Å²) in [6, 6.07) is 4.07. The topological polar surface area (TPSA) is 65.5 Å². The summed E-state index contributed by atoms with van der Waals surface area (Å²) in [4.78, 5) is 33.8. The van der Waals surface area contributed by atoms with E-state index in [1.165, 1.54) is 45.4 Å². The van der Waals surface area contributed by atoms with Gasteiger partial charge in [-0.1, -0.05) is 25.7 Å². The maximum absolute atomic E-state index is 13.0. The standard InChI is InChI=1S/C23H34N4O2/c1-17(28)25-20-11-7-12-24-23(20)27-13-6-5-10-19-15-26(16-21(19)27)22(29)14-18-8-3-2-4-9-18/h7,11-12,18-19,21H,2-6,8-10,13-16H2,1H3,(H,25,28). The molecule has 158 valence electrons. The quantitative estimate of drug-likeness (QED) is 0.837. The smallest absolute Gasteiger partial charge is 0.222 e. The molecule has 2 atom stereocenters. The molecule has 3 heterocycles. The zero-order valence-electron chi connectivity index (χ0n) is 17.6. The summed E-state index contributed by atoms with van der Waals surface area (Å²) in [7, 11) is 0. The minimum atomic E-state index is -0.0821. The normalized spacial score (nSPS) is 25.4.